The average Bonchev–Trinajstić information content (AvgIpc) is 3.33. The number of hydrogen-bond acceptors (Lipinski definition) is 6. The maximum absolute atomic E-state index is 12.7. The largest absolute Gasteiger partial charge is 0.462 e. The second-order valence-corrected chi connectivity index (χ2v) is 17.0. The minimum atomic E-state index is -0.832. The Kier molecular flexibility index (Phi) is 50.6. The van der Waals surface area contributed by atoms with E-state index in [4.69, 9.17) is 14.2 Å². The van der Waals surface area contributed by atoms with Gasteiger partial charge in [0.25, 0.3) is 0 Å². The molecule has 0 N–H and O–H groups in total. The second kappa shape index (κ2) is 54.2. The van der Waals surface area contributed by atoms with E-state index in [0.717, 1.165) is 116 Å². The van der Waals surface area contributed by atoms with Gasteiger partial charge in [0.1, 0.15) is 13.2 Å². The van der Waals surface area contributed by atoms with Crippen molar-refractivity contribution in [3.63, 3.8) is 0 Å². The lowest BCUT2D eigenvalue weighted by atomic mass is 10.1. The van der Waals surface area contributed by atoms with Crippen LogP contribution in [0.5, 0.6) is 0 Å². The molecule has 0 aromatic heterocycles. The van der Waals surface area contributed by atoms with E-state index in [2.05, 4.69) is 142 Å². The van der Waals surface area contributed by atoms with Crippen molar-refractivity contribution in [3.05, 3.63) is 134 Å². The van der Waals surface area contributed by atoms with Crippen molar-refractivity contribution in [1.82, 2.24) is 0 Å². The van der Waals surface area contributed by atoms with Gasteiger partial charge >= 0.3 is 17.9 Å². The molecule has 0 saturated carbocycles. The van der Waals surface area contributed by atoms with Gasteiger partial charge in [0, 0.05) is 19.3 Å². The Morgan fingerprint density at radius 1 is 0.313 bits per heavy atom. The topological polar surface area (TPSA) is 78.9 Å². The molecule has 0 aliphatic heterocycles. The fourth-order valence-electron chi connectivity index (χ4n) is 6.73. The highest BCUT2D eigenvalue weighted by Gasteiger charge is 2.19. The summed E-state index contributed by atoms with van der Waals surface area (Å²) < 4.78 is 16.7. The van der Waals surface area contributed by atoms with Crippen LogP contribution in [0.4, 0.5) is 0 Å². The smallest absolute Gasteiger partial charge is 0.306 e. The lowest BCUT2D eigenvalue weighted by molar-refractivity contribution is -0.166. The molecular weight excluding hydrogens is 829 g/mol. The number of carbonyl (C=O) groups excluding carboxylic acids is 3. The van der Waals surface area contributed by atoms with Crippen LogP contribution in [0.25, 0.3) is 0 Å². The summed E-state index contributed by atoms with van der Waals surface area (Å²) >= 11 is 0. The first kappa shape index (κ1) is 62.5. The molecule has 1 atom stereocenters. The Balaban J connectivity index is 4.46. The van der Waals surface area contributed by atoms with Crippen molar-refractivity contribution >= 4 is 17.9 Å². The first-order valence-electron chi connectivity index (χ1n) is 26.7. The van der Waals surface area contributed by atoms with Gasteiger partial charge in [-0.25, -0.2) is 0 Å². The Morgan fingerprint density at radius 2 is 0.612 bits per heavy atom. The number of esters is 3. The average molecular weight is 925 g/mol. The first-order chi connectivity index (χ1) is 33.0. The Morgan fingerprint density at radius 3 is 0.970 bits per heavy atom. The normalized spacial score (nSPS) is 13.2. The summed E-state index contributed by atoms with van der Waals surface area (Å²) in [5.74, 6) is -1.05. The van der Waals surface area contributed by atoms with Crippen LogP contribution >= 0.6 is 0 Å². The van der Waals surface area contributed by atoms with Crippen LogP contribution in [0.3, 0.4) is 0 Å². The van der Waals surface area contributed by atoms with Crippen molar-refractivity contribution in [3.8, 4) is 0 Å². The fraction of sp³-hybridized carbons (Fsp3) is 0.590. The predicted molar refractivity (Wildman–Crippen MR) is 288 cm³/mol. The molecule has 0 rings (SSSR count). The summed E-state index contributed by atoms with van der Waals surface area (Å²) in [5.41, 5.74) is 0. The van der Waals surface area contributed by atoms with Crippen LogP contribution < -0.4 is 0 Å². The third-order valence-electron chi connectivity index (χ3n) is 10.7. The number of rotatable bonds is 46. The van der Waals surface area contributed by atoms with Crippen molar-refractivity contribution in [1.29, 1.82) is 0 Å². The van der Waals surface area contributed by atoms with Gasteiger partial charge in [-0.1, -0.05) is 225 Å². The van der Waals surface area contributed by atoms with E-state index in [-0.39, 0.29) is 31.6 Å². The highest BCUT2D eigenvalue weighted by Crippen LogP contribution is 2.13. The molecule has 6 heteroatoms. The van der Waals surface area contributed by atoms with E-state index in [1.165, 1.54) is 51.4 Å². The molecule has 6 nitrogen and oxygen atoms in total. The van der Waals surface area contributed by atoms with Gasteiger partial charge in [0.2, 0.25) is 0 Å². The lowest BCUT2D eigenvalue weighted by Gasteiger charge is -2.18. The second-order valence-electron chi connectivity index (χ2n) is 17.0. The highest BCUT2D eigenvalue weighted by atomic mass is 16.6. The number of carbonyl (C=O) groups is 3. The molecule has 0 aliphatic rings. The minimum Gasteiger partial charge on any atom is -0.462 e. The molecule has 0 aromatic carbocycles. The zero-order valence-electron chi connectivity index (χ0n) is 42.9. The SMILES string of the molecule is CC/C=C\C/C=C\C/C=C\C/C=C\C/C=C\C/C=C\C/C=C\CCCCCC(=O)OCC(COC(=O)CCCCCCCCCCCCC)OC(=O)CC/C=C\C/C=C\C/C=C\C/C=C\CC. The van der Waals surface area contributed by atoms with Crippen molar-refractivity contribution in [2.75, 3.05) is 13.2 Å². The molecule has 1 unspecified atom stereocenters. The molecule has 0 saturated heterocycles. The highest BCUT2D eigenvalue weighted by molar-refractivity contribution is 5.71. The molecular formula is C61H96O6. The van der Waals surface area contributed by atoms with Crippen molar-refractivity contribution < 1.29 is 28.6 Å². The molecule has 0 spiro atoms. The Hall–Kier alpha value is -4.45. The van der Waals surface area contributed by atoms with E-state index in [0.29, 0.717) is 19.3 Å². The van der Waals surface area contributed by atoms with Gasteiger partial charge in [0.05, 0.1) is 0 Å². The van der Waals surface area contributed by atoms with Crippen LogP contribution in [0.2, 0.25) is 0 Å². The first-order valence-corrected chi connectivity index (χ1v) is 26.7. The number of hydrogen-bond donors (Lipinski definition) is 0. The summed E-state index contributed by atoms with van der Waals surface area (Å²) in [6, 6.07) is 0. The van der Waals surface area contributed by atoms with Crippen LogP contribution in [0.1, 0.15) is 213 Å². The van der Waals surface area contributed by atoms with E-state index in [9.17, 15) is 14.4 Å². The summed E-state index contributed by atoms with van der Waals surface area (Å²) in [7, 11) is 0. The minimum absolute atomic E-state index is 0.120. The monoisotopic (exact) mass is 925 g/mol. The lowest BCUT2D eigenvalue weighted by Crippen LogP contribution is -2.30. The number of ether oxygens (including phenoxy) is 3. The molecule has 0 heterocycles. The van der Waals surface area contributed by atoms with Crippen LogP contribution in [0.15, 0.2) is 134 Å². The third kappa shape index (κ3) is 52.4. The number of allylic oxidation sites excluding steroid dienone is 22. The van der Waals surface area contributed by atoms with Gasteiger partial charge in [-0.15, -0.1) is 0 Å². The van der Waals surface area contributed by atoms with Gasteiger partial charge in [-0.3, -0.25) is 14.4 Å². The molecule has 0 fully saturated rings. The van der Waals surface area contributed by atoms with Gasteiger partial charge < -0.3 is 14.2 Å². The third-order valence-corrected chi connectivity index (χ3v) is 10.7. The van der Waals surface area contributed by atoms with Crippen molar-refractivity contribution in [2.24, 2.45) is 0 Å². The molecule has 0 amide bonds. The molecule has 376 valence electrons. The van der Waals surface area contributed by atoms with Crippen LogP contribution in [-0.4, -0.2) is 37.2 Å². The van der Waals surface area contributed by atoms with Crippen molar-refractivity contribution in [2.45, 2.75) is 219 Å². The van der Waals surface area contributed by atoms with Crippen LogP contribution in [0, 0.1) is 0 Å². The molecule has 0 bridgehead atoms. The fourth-order valence-corrected chi connectivity index (χ4v) is 6.73. The zero-order chi connectivity index (χ0) is 48.6. The summed E-state index contributed by atoms with van der Waals surface area (Å²) in [6.07, 6.45) is 76.0. The zero-order valence-corrected chi connectivity index (χ0v) is 42.9. The van der Waals surface area contributed by atoms with Gasteiger partial charge in [-0.05, 0) is 103 Å². The van der Waals surface area contributed by atoms with Gasteiger partial charge in [-0.2, -0.15) is 0 Å². The molecule has 0 aromatic rings. The molecule has 67 heavy (non-hydrogen) atoms. The molecule has 0 aliphatic carbocycles. The van der Waals surface area contributed by atoms with E-state index < -0.39 is 12.1 Å². The maximum Gasteiger partial charge on any atom is 0.306 e. The molecule has 0 radical (unpaired) electrons. The van der Waals surface area contributed by atoms with Gasteiger partial charge in [0.15, 0.2) is 6.10 Å². The summed E-state index contributed by atoms with van der Waals surface area (Å²) in [4.78, 5) is 37.9. The standard InChI is InChI=1S/C61H96O6/c1-4-7-10-13-16-19-22-24-25-26-27-28-29-30-31-32-33-34-35-37-39-42-45-48-51-54-60(63)66-57-58(56-65-59(62)53-50-47-44-41-38-21-18-15-12-9-6-3)67-61(64)55-52-49-46-43-40-36-23-20-17-14-11-8-5-2/h7-8,10-11,16-17,19-20,24-25,27-28,30-31,33-34,36-37,39-40,46,49,58H,4-6,9,12-15,18,21-23,26,29,32,35,38,41-45,47-48,50-57H2,1-3H3/b10-7-,11-8-,19-16-,20-17-,25-24-,28-27-,31-30-,34-33-,39-37-,40-36-,49-46-. The van der Waals surface area contributed by atoms with E-state index >= 15 is 0 Å². The Bertz CT molecular complexity index is 1480. The summed E-state index contributed by atoms with van der Waals surface area (Å²) in [5, 5.41) is 0. The van der Waals surface area contributed by atoms with E-state index in [1.807, 2.05) is 12.2 Å². The predicted octanol–water partition coefficient (Wildman–Crippen LogP) is 17.9. The maximum atomic E-state index is 12.7. The van der Waals surface area contributed by atoms with Crippen LogP contribution in [-0.2, 0) is 28.6 Å². The quantitative estimate of drug-likeness (QED) is 0.0262. The summed E-state index contributed by atoms with van der Waals surface area (Å²) in [6.45, 7) is 6.29. The van der Waals surface area contributed by atoms with E-state index in [1.54, 1.807) is 0 Å². The number of unbranched alkanes of at least 4 members (excludes halogenated alkanes) is 13. The Labute approximate surface area is 411 Å².